The van der Waals surface area contributed by atoms with Crippen molar-refractivity contribution in [3.63, 3.8) is 0 Å². The van der Waals surface area contributed by atoms with E-state index in [2.05, 4.69) is 20.4 Å². The summed E-state index contributed by atoms with van der Waals surface area (Å²) in [5.41, 5.74) is 0.0567. The third kappa shape index (κ3) is 4.04. The average Bonchev–Trinajstić information content (AvgIpc) is 2.63. The van der Waals surface area contributed by atoms with E-state index in [0.717, 1.165) is 16.6 Å². The number of aromatic amines is 1. The SMILES string of the molecule is O=C(NCCc1ccccn1)c1cc(-n2ncc(=O)[nH]c2=O)ccc1Cl. The summed E-state index contributed by atoms with van der Waals surface area (Å²) in [5.74, 6) is -0.384. The molecule has 3 aromatic rings. The predicted octanol–water partition coefficient (Wildman–Crippen LogP) is 0.942. The number of carbonyl (C=O) groups is 1. The summed E-state index contributed by atoms with van der Waals surface area (Å²) in [4.78, 5) is 41.6. The van der Waals surface area contributed by atoms with Gasteiger partial charge in [-0.3, -0.25) is 19.6 Å². The molecule has 0 spiro atoms. The molecule has 26 heavy (non-hydrogen) atoms. The molecule has 8 nitrogen and oxygen atoms in total. The standard InChI is InChI=1S/C17H14ClN5O3/c18-14-5-4-12(23-17(26)22-15(24)10-21-23)9-13(14)16(25)20-8-6-11-3-1-2-7-19-11/h1-5,7,9-10H,6,8H2,(H,20,25)(H,22,24,26). The van der Waals surface area contributed by atoms with E-state index < -0.39 is 11.2 Å². The molecule has 9 heteroatoms. The lowest BCUT2D eigenvalue weighted by molar-refractivity contribution is 0.0954. The van der Waals surface area contributed by atoms with Gasteiger partial charge in [-0.1, -0.05) is 17.7 Å². The van der Waals surface area contributed by atoms with Crippen LogP contribution in [0.5, 0.6) is 0 Å². The van der Waals surface area contributed by atoms with Crippen LogP contribution in [0.3, 0.4) is 0 Å². The molecule has 0 aliphatic heterocycles. The van der Waals surface area contributed by atoms with E-state index >= 15 is 0 Å². The van der Waals surface area contributed by atoms with Crippen LogP contribution < -0.4 is 16.6 Å². The number of nitrogens with zero attached hydrogens (tertiary/aromatic N) is 3. The quantitative estimate of drug-likeness (QED) is 0.693. The van der Waals surface area contributed by atoms with Gasteiger partial charge in [0.15, 0.2) is 0 Å². The molecule has 132 valence electrons. The molecule has 0 atom stereocenters. The first kappa shape index (κ1) is 17.6. The summed E-state index contributed by atoms with van der Waals surface area (Å²) < 4.78 is 0.975. The number of aromatic nitrogens is 4. The molecule has 2 heterocycles. The second kappa shape index (κ2) is 7.75. The first-order valence-corrected chi connectivity index (χ1v) is 8.09. The highest BCUT2D eigenvalue weighted by molar-refractivity contribution is 6.33. The zero-order valence-electron chi connectivity index (χ0n) is 13.5. The molecule has 0 saturated heterocycles. The fourth-order valence-corrected chi connectivity index (χ4v) is 2.50. The molecule has 1 aromatic carbocycles. The summed E-state index contributed by atoms with van der Waals surface area (Å²) in [6, 6.07) is 10.0. The van der Waals surface area contributed by atoms with Crippen molar-refractivity contribution < 1.29 is 4.79 Å². The van der Waals surface area contributed by atoms with Crippen molar-refractivity contribution in [2.24, 2.45) is 0 Å². The first-order chi connectivity index (χ1) is 12.5. The number of pyridine rings is 1. The monoisotopic (exact) mass is 371 g/mol. The number of hydrogen-bond donors (Lipinski definition) is 2. The Morgan fingerprint density at radius 2 is 2.08 bits per heavy atom. The average molecular weight is 372 g/mol. The Balaban J connectivity index is 1.77. The van der Waals surface area contributed by atoms with Crippen molar-refractivity contribution in [2.75, 3.05) is 6.54 Å². The lowest BCUT2D eigenvalue weighted by atomic mass is 10.2. The minimum absolute atomic E-state index is 0.199. The van der Waals surface area contributed by atoms with Crippen LogP contribution >= 0.6 is 11.6 Å². The maximum absolute atomic E-state index is 12.4. The molecule has 0 bridgehead atoms. The first-order valence-electron chi connectivity index (χ1n) is 7.71. The minimum atomic E-state index is -0.707. The van der Waals surface area contributed by atoms with Crippen LogP contribution in [0.25, 0.3) is 5.69 Å². The molecule has 0 aliphatic rings. The zero-order chi connectivity index (χ0) is 18.5. The summed E-state index contributed by atoms with van der Waals surface area (Å²) in [6.07, 6.45) is 3.24. The van der Waals surface area contributed by atoms with Crippen molar-refractivity contribution in [3.05, 3.63) is 85.9 Å². The van der Waals surface area contributed by atoms with Gasteiger partial charge < -0.3 is 5.32 Å². The van der Waals surface area contributed by atoms with Crippen LogP contribution in [0.4, 0.5) is 0 Å². The number of halogens is 1. The maximum atomic E-state index is 12.4. The van der Waals surface area contributed by atoms with Gasteiger partial charge in [0.2, 0.25) is 0 Å². The molecule has 3 rings (SSSR count). The molecule has 1 amide bonds. The van der Waals surface area contributed by atoms with Crippen LogP contribution in [0.2, 0.25) is 5.02 Å². The molecule has 0 fully saturated rings. The smallest absolute Gasteiger partial charge is 0.349 e. The van der Waals surface area contributed by atoms with Crippen LogP contribution in [0, 0.1) is 0 Å². The van der Waals surface area contributed by atoms with E-state index in [1.54, 1.807) is 6.20 Å². The number of amides is 1. The van der Waals surface area contributed by atoms with E-state index in [-0.39, 0.29) is 16.5 Å². The van der Waals surface area contributed by atoms with E-state index in [4.69, 9.17) is 11.6 Å². The Hall–Kier alpha value is -3.26. The highest BCUT2D eigenvalue weighted by atomic mass is 35.5. The van der Waals surface area contributed by atoms with Gasteiger partial charge in [-0.25, -0.2) is 4.79 Å². The van der Waals surface area contributed by atoms with Crippen molar-refractivity contribution in [1.82, 2.24) is 25.1 Å². The molecule has 0 saturated carbocycles. The topological polar surface area (TPSA) is 110 Å². The van der Waals surface area contributed by atoms with Crippen molar-refractivity contribution in [1.29, 1.82) is 0 Å². The summed E-state index contributed by atoms with van der Waals surface area (Å²) in [6.45, 7) is 0.382. The van der Waals surface area contributed by atoms with E-state index in [1.165, 1.54) is 18.2 Å². The van der Waals surface area contributed by atoms with Gasteiger partial charge in [-0.2, -0.15) is 9.78 Å². The second-order valence-corrected chi connectivity index (χ2v) is 5.75. The number of benzene rings is 1. The van der Waals surface area contributed by atoms with Crippen LogP contribution in [0.1, 0.15) is 16.1 Å². The number of H-pyrrole nitrogens is 1. The van der Waals surface area contributed by atoms with Crippen molar-refractivity contribution in [2.45, 2.75) is 6.42 Å². The normalized spacial score (nSPS) is 10.5. The Kier molecular flexibility index (Phi) is 5.23. The highest BCUT2D eigenvalue weighted by Crippen LogP contribution is 2.18. The Labute approximate surface area is 152 Å². The van der Waals surface area contributed by atoms with E-state index in [0.29, 0.717) is 18.7 Å². The number of nitrogens with one attached hydrogen (secondary N) is 2. The van der Waals surface area contributed by atoms with Crippen LogP contribution in [-0.4, -0.2) is 32.2 Å². The van der Waals surface area contributed by atoms with Gasteiger partial charge in [0.1, 0.15) is 6.20 Å². The zero-order valence-corrected chi connectivity index (χ0v) is 14.2. The number of hydrogen-bond acceptors (Lipinski definition) is 5. The molecular formula is C17H14ClN5O3. The fraction of sp³-hybridized carbons (Fsp3) is 0.118. The Morgan fingerprint density at radius 1 is 1.23 bits per heavy atom. The highest BCUT2D eigenvalue weighted by Gasteiger charge is 2.13. The third-order valence-corrected chi connectivity index (χ3v) is 3.87. The molecular weight excluding hydrogens is 358 g/mol. The van der Waals surface area contributed by atoms with Crippen molar-refractivity contribution >= 4 is 17.5 Å². The minimum Gasteiger partial charge on any atom is -0.352 e. The Bertz CT molecular complexity index is 1050. The van der Waals surface area contributed by atoms with Crippen LogP contribution in [0.15, 0.2) is 58.4 Å². The summed E-state index contributed by atoms with van der Waals surface area (Å²) >= 11 is 6.10. The van der Waals surface area contributed by atoms with E-state index in [9.17, 15) is 14.4 Å². The molecule has 0 aliphatic carbocycles. The van der Waals surface area contributed by atoms with Gasteiger partial charge >= 0.3 is 5.69 Å². The maximum Gasteiger partial charge on any atom is 0.349 e. The van der Waals surface area contributed by atoms with Gasteiger partial charge in [0, 0.05) is 24.9 Å². The largest absolute Gasteiger partial charge is 0.352 e. The fourth-order valence-electron chi connectivity index (χ4n) is 2.30. The summed E-state index contributed by atoms with van der Waals surface area (Å²) in [7, 11) is 0. The lowest BCUT2D eigenvalue weighted by Crippen LogP contribution is -2.31. The van der Waals surface area contributed by atoms with Gasteiger partial charge in [0.05, 0.1) is 16.3 Å². The van der Waals surface area contributed by atoms with Gasteiger partial charge in [-0.15, -0.1) is 0 Å². The number of rotatable bonds is 5. The Morgan fingerprint density at radius 3 is 2.81 bits per heavy atom. The van der Waals surface area contributed by atoms with Crippen molar-refractivity contribution in [3.8, 4) is 5.69 Å². The molecule has 0 radical (unpaired) electrons. The number of carbonyl (C=O) groups excluding carboxylic acids is 1. The van der Waals surface area contributed by atoms with Gasteiger partial charge in [-0.05, 0) is 30.3 Å². The molecule has 2 aromatic heterocycles. The molecule has 0 unspecified atom stereocenters. The predicted molar refractivity (Wildman–Crippen MR) is 95.7 cm³/mol. The summed E-state index contributed by atoms with van der Waals surface area (Å²) in [5, 5.41) is 6.76. The third-order valence-electron chi connectivity index (χ3n) is 3.54. The second-order valence-electron chi connectivity index (χ2n) is 5.34. The lowest BCUT2D eigenvalue weighted by Gasteiger charge is -2.09. The molecule has 2 N–H and O–H groups in total. The van der Waals surface area contributed by atoms with Gasteiger partial charge in [0.25, 0.3) is 11.5 Å². The van der Waals surface area contributed by atoms with Crippen LogP contribution in [-0.2, 0) is 6.42 Å². The van der Waals surface area contributed by atoms with E-state index in [1.807, 2.05) is 18.2 Å².